The van der Waals surface area contributed by atoms with Crippen molar-refractivity contribution >= 4 is 54.8 Å². The molecular weight excluding hydrogens is 805 g/mol. The highest BCUT2D eigenvalue weighted by Gasteiger charge is 2.32. The molecule has 9 N–H and O–H groups in total. The van der Waals surface area contributed by atoms with Crippen LogP contribution in [-0.2, 0) is 30.4 Å². The molecule has 0 saturated carbocycles. The lowest BCUT2D eigenvalue weighted by Gasteiger charge is -2.29. The van der Waals surface area contributed by atoms with E-state index in [1.807, 2.05) is 0 Å². The number of ether oxygens (including phenoxy) is 2. The number of aromatic hydroxyl groups is 1. The van der Waals surface area contributed by atoms with Gasteiger partial charge in [-0.05, 0) is 74.9 Å². The van der Waals surface area contributed by atoms with Crippen molar-refractivity contribution in [2.24, 2.45) is 0 Å². The van der Waals surface area contributed by atoms with E-state index in [1.54, 1.807) is 12.1 Å². The first-order valence-corrected chi connectivity index (χ1v) is 23.9. The van der Waals surface area contributed by atoms with Crippen LogP contribution in [0.1, 0.15) is 88.2 Å². The van der Waals surface area contributed by atoms with Gasteiger partial charge in [-0.2, -0.15) is 9.97 Å². The molecule has 338 valence electrons. The van der Waals surface area contributed by atoms with Crippen LogP contribution in [0.3, 0.4) is 0 Å². The highest BCUT2D eigenvalue weighted by Crippen LogP contribution is 2.31. The number of nitrogens with one attached hydrogen (secondary N) is 4. The van der Waals surface area contributed by atoms with Crippen LogP contribution in [0.25, 0.3) is 11.2 Å². The van der Waals surface area contributed by atoms with E-state index in [9.17, 15) is 34.2 Å². The van der Waals surface area contributed by atoms with E-state index in [0.717, 1.165) is 43.8 Å². The topological polar surface area (TPSA) is 276 Å². The van der Waals surface area contributed by atoms with Gasteiger partial charge in [-0.3, -0.25) is 14.4 Å². The molecule has 1 atom stereocenters. The number of aliphatic carboxylic acids is 1. The second-order valence-corrected chi connectivity index (χ2v) is 18.8. The summed E-state index contributed by atoms with van der Waals surface area (Å²) >= 11 is 0. The van der Waals surface area contributed by atoms with Crippen molar-refractivity contribution < 1.29 is 43.7 Å². The molecule has 61 heavy (non-hydrogen) atoms. The number of fused-ring (bicyclic) bond motifs is 1. The molecule has 0 radical (unpaired) electrons. The fourth-order valence-corrected chi connectivity index (χ4v) is 10.1. The van der Waals surface area contributed by atoms with Gasteiger partial charge in [-0.15, -0.1) is 0 Å². The monoisotopic (exact) mass is 870 g/mol. The van der Waals surface area contributed by atoms with Gasteiger partial charge in [0.1, 0.15) is 6.04 Å². The third-order valence-corrected chi connectivity index (χ3v) is 14.1. The first-order valence-electron chi connectivity index (χ1n) is 21.4. The Kier molecular flexibility index (Phi) is 22.9. The van der Waals surface area contributed by atoms with Crippen LogP contribution in [0.4, 0.5) is 11.6 Å². The van der Waals surface area contributed by atoms with Crippen molar-refractivity contribution in [3.8, 4) is 5.88 Å². The van der Waals surface area contributed by atoms with Crippen molar-refractivity contribution in [2.75, 3.05) is 70.2 Å². The van der Waals surface area contributed by atoms with Crippen LogP contribution in [-0.4, -0.2) is 137 Å². The lowest BCUT2D eigenvalue weighted by Crippen LogP contribution is -2.41. The molecule has 0 spiro atoms. The molecule has 20 heteroatoms. The van der Waals surface area contributed by atoms with Gasteiger partial charge in [0, 0.05) is 37.2 Å². The number of anilines is 2. The van der Waals surface area contributed by atoms with Gasteiger partial charge in [0.25, 0.3) is 5.91 Å². The second-order valence-electron chi connectivity index (χ2n) is 14.8. The first-order chi connectivity index (χ1) is 29.4. The second kappa shape index (κ2) is 27.7. The number of nitrogens with two attached hydrogens (primary N) is 1. The predicted octanol–water partition coefficient (Wildman–Crippen LogP) is 3.19. The summed E-state index contributed by atoms with van der Waals surface area (Å²) in [5, 5.41) is 30.7. The Labute approximate surface area is 359 Å². The molecule has 2 aromatic heterocycles. The summed E-state index contributed by atoms with van der Waals surface area (Å²) in [6.07, 6.45) is 6.89. The molecule has 3 aromatic rings. The molecular formula is C41H66N10O9Si. The van der Waals surface area contributed by atoms with Gasteiger partial charge >= 0.3 is 5.97 Å². The lowest BCUT2D eigenvalue weighted by molar-refractivity contribution is -0.139. The van der Waals surface area contributed by atoms with Crippen LogP contribution in [0, 0.1) is 0 Å². The van der Waals surface area contributed by atoms with Crippen molar-refractivity contribution in [3.63, 3.8) is 0 Å². The van der Waals surface area contributed by atoms with E-state index >= 15 is 0 Å². The third-order valence-electron chi connectivity index (χ3n) is 10.3. The number of carboxylic acids is 1. The van der Waals surface area contributed by atoms with E-state index in [-0.39, 0.29) is 72.9 Å². The molecule has 1 aliphatic heterocycles. The Bertz CT molecular complexity index is 1790. The average molecular weight is 871 g/mol. The number of aromatic nitrogens is 4. The minimum absolute atomic E-state index is 0.0158. The number of amides is 3. The molecule has 1 aliphatic rings. The molecule has 1 aromatic carbocycles. The fourth-order valence-electron chi connectivity index (χ4n) is 6.63. The van der Waals surface area contributed by atoms with E-state index in [0.29, 0.717) is 44.2 Å². The van der Waals surface area contributed by atoms with E-state index in [4.69, 9.17) is 15.2 Å². The number of hydrogen-bond donors (Lipinski definition) is 8. The smallest absolute Gasteiger partial charge is 0.326 e. The van der Waals surface area contributed by atoms with Gasteiger partial charge in [-0.25, -0.2) is 14.8 Å². The van der Waals surface area contributed by atoms with E-state index in [1.165, 1.54) is 44.4 Å². The van der Waals surface area contributed by atoms with Crippen LogP contribution in [0.15, 0.2) is 30.5 Å². The Morgan fingerprint density at radius 2 is 1.48 bits per heavy atom. The summed E-state index contributed by atoms with van der Waals surface area (Å²) in [4.78, 5) is 77.9. The minimum Gasteiger partial charge on any atom is -0.492 e. The Hall–Kier alpha value is -5.02. The number of carbonyl (C=O) groups is 4. The summed E-state index contributed by atoms with van der Waals surface area (Å²) in [6.45, 7) is 12.2. The van der Waals surface area contributed by atoms with Crippen molar-refractivity contribution in [3.05, 3.63) is 41.7 Å². The van der Waals surface area contributed by atoms with Crippen LogP contribution < -0.4 is 27.0 Å². The molecule has 19 nitrogen and oxygen atoms in total. The summed E-state index contributed by atoms with van der Waals surface area (Å²) in [5.74, 6) is -2.76. The van der Waals surface area contributed by atoms with Crippen LogP contribution in [0.2, 0.25) is 18.1 Å². The largest absolute Gasteiger partial charge is 0.492 e. The van der Waals surface area contributed by atoms with Crippen molar-refractivity contribution in [2.45, 2.75) is 103 Å². The van der Waals surface area contributed by atoms with Gasteiger partial charge in [-0.1, -0.05) is 46.5 Å². The third kappa shape index (κ3) is 19.5. The summed E-state index contributed by atoms with van der Waals surface area (Å²) in [5.41, 5.74) is 7.14. The number of nitrogens with zero attached hydrogens (tertiary/aromatic N) is 5. The Morgan fingerprint density at radius 1 is 0.852 bits per heavy atom. The number of hydrogen-bond acceptors (Lipinski definition) is 15. The number of rotatable bonds is 26. The Morgan fingerprint density at radius 3 is 2.07 bits per heavy atom. The highest BCUT2D eigenvalue weighted by atomic mass is 28.4. The highest BCUT2D eigenvalue weighted by molar-refractivity contribution is 6.72. The lowest BCUT2D eigenvalue weighted by atomic mass is 10.1. The normalized spacial score (nSPS) is 13.8. The first kappa shape index (κ1) is 50.3. The van der Waals surface area contributed by atoms with E-state index < -0.39 is 26.2 Å². The average Bonchev–Trinajstić information content (AvgIpc) is 3.25. The van der Waals surface area contributed by atoms with E-state index in [2.05, 4.69) is 66.9 Å². The Balaban J connectivity index is 0.00000130. The quantitative estimate of drug-likeness (QED) is 0.0425. The maximum absolute atomic E-state index is 12.8. The van der Waals surface area contributed by atoms with Crippen molar-refractivity contribution in [1.29, 1.82) is 0 Å². The number of unbranched alkanes of at least 4 members (excludes halogenated alkanes) is 1. The summed E-state index contributed by atoms with van der Waals surface area (Å²) in [7, 11) is -2.04. The molecule has 0 unspecified atom stereocenters. The standard InChI is InChI=1S/C35H51N9O9Si.C6H15N/c36-35-43-31-30(33(48)44-35)41-26(23-40-31)22-39-25-9-7-24(8-10-25)32(47)42-27(34(49)50)11-12-29(46)38-14-16-53-18-17-52-15-13-37-28(45)6-2-5-21-54(51)19-3-1-4-20-54;1-4-7(5-2)6-3/h7-10,23,27,39,51H,1-6,11-22H2,(H,37,45)(H,38,46)(H,42,47)(H,49,50)(H3,36,40,43,44,48);4-6H2,1-3H3/t27-;/m0./s1. The predicted molar refractivity (Wildman–Crippen MR) is 234 cm³/mol. The van der Waals surface area contributed by atoms with Gasteiger partial charge in [0.2, 0.25) is 23.6 Å². The maximum atomic E-state index is 12.8. The zero-order valence-corrected chi connectivity index (χ0v) is 36.9. The molecule has 1 saturated heterocycles. The molecule has 1 fully saturated rings. The molecule has 3 heterocycles. The minimum atomic E-state index is -2.04. The number of benzene rings is 1. The van der Waals surface area contributed by atoms with Crippen LogP contribution in [0.5, 0.6) is 5.88 Å². The maximum Gasteiger partial charge on any atom is 0.326 e. The molecule has 3 amide bonds. The van der Waals surface area contributed by atoms with Gasteiger partial charge in [0.15, 0.2) is 19.5 Å². The summed E-state index contributed by atoms with van der Waals surface area (Å²) < 4.78 is 10.9. The number of carboxylic acid groups (broad SMARTS) is 1. The summed E-state index contributed by atoms with van der Waals surface area (Å²) in [6, 6.07) is 7.94. The van der Waals surface area contributed by atoms with Gasteiger partial charge in [0.05, 0.1) is 44.9 Å². The zero-order valence-electron chi connectivity index (χ0n) is 35.9. The number of carbonyl (C=O) groups excluding carboxylic acids is 3. The SMILES string of the molecule is CCN(CC)CC.Nc1nc(O)c2nc(CNc3ccc(C(=O)N[C@@H](CCC(=O)NCCOCCOCCNC(=O)CCCC[Si]4(O)CCCCC4)C(=O)O)cc3)cnc2n1. The number of nitrogen functional groups attached to an aromatic ring is 1. The zero-order chi connectivity index (χ0) is 44.5. The van der Waals surface area contributed by atoms with Crippen LogP contribution >= 0.6 is 0 Å². The molecule has 0 aliphatic carbocycles. The molecule has 4 rings (SSSR count). The molecule has 0 bridgehead atoms. The van der Waals surface area contributed by atoms with Crippen molar-refractivity contribution in [1.82, 2.24) is 40.8 Å². The van der Waals surface area contributed by atoms with Gasteiger partial charge < -0.3 is 56.4 Å². The fraction of sp³-hybridized carbons (Fsp3) is 0.610.